The van der Waals surface area contributed by atoms with E-state index in [0.717, 1.165) is 18.9 Å². The molecule has 32 heavy (non-hydrogen) atoms. The van der Waals surface area contributed by atoms with E-state index in [9.17, 15) is 19.5 Å². The number of aromatic carboxylic acids is 1. The van der Waals surface area contributed by atoms with E-state index in [-0.39, 0.29) is 46.3 Å². The van der Waals surface area contributed by atoms with Crippen molar-refractivity contribution in [2.24, 2.45) is 5.92 Å². The van der Waals surface area contributed by atoms with Crippen molar-refractivity contribution in [3.8, 4) is 5.75 Å². The number of carbonyl (C=O) groups excluding carboxylic acids is 1. The molecule has 3 fully saturated rings. The maximum atomic E-state index is 15.3. The van der Waals surface area contributed by atoms with Crippen LogP contribution in [0.25, 0.3) is 10.9 Å². The summed E-state index contributed by atoms with van der Waals surface area (Å²) in [6.45, 7) is 2.02. The average Bonchev–Trinajstić information content (AvgIpc) is 3.45. The Morgan fingerprint density at radius 3 is 2.62 bits per heavy atom. The molecule has 169 valence electrons. The number of nitrogens with zero attached hydrogens (tertiary/aromatic N) is 3. The molecule has 1 aromatic heterocycles. The van der Waals surface area contributed by atoms with Crippen molar-refractivity contribution >= 4 is 28.5 Å². The van der Waals surface area contributed by atoms with E-state index in [2.05, 4.69) is 10.6 Å². The Hall–Kier alpha value is -3.14. The predicted octanol–water partition coefficient (Wildman–Crippen LogP) is 1.11. The largest absolute Gasteiger partial charge is 0.492 e. The van der Waals surface area contributed by atoms with E-state index in [0.29, 0.717) is 38.1 Å². The third kappa shape index (κ3) is 3.38. The molecule has 1 amide bonds. The Balaban J connectivity index is 1.55. The summed E-state index contributed by atoms with van der Waals surface area (Å²) in [6, 6.07) is 1.03. The van der Waals surface area contributed by atoms with Crippen LogP contribution < -0.4 is 25.7 Å². The molecule has 1 aliphatic carbocycles. The summed E-state index contributed by atoms with van der Waals surface area (Å²) in [4.78, 5) is 38.5. The van der Waals surface area contributed by atoms with Gasteiger partial charge in [-0.1, -0.05) is 0 Å². The smallest absolute Gasteiger partial charge is 0.341 e. The number of halogens is 1. The van der Waals surface area contributed by atoms with Crippen LogP contribution in [-0.2, 0) is 4.79 Å². The van der Waals surface area contributed by atoms with Crippen LogP contribution in [0.4, 0.5) is 10.1 Å². The number of ether oxygens (including phenoxy) is 1. The number of aromatic nitrogens is 1. The zero-order valence-corrected chi connectivity index (χ0v) is 17.6. The summed E-state index contributed by atoms with van der Waals surface area (Å²) in [5.41, 5.74) is -0.479. The third-order valence-corrected chi connectivity index (χ3v) is 6.49. The number of amides is 1. The molecule has 10 heteroatoms. The summed E-state index contributed by atoms with van der Waals surface area (Å²) >= 11 is 0. The van der Waals surface area contributed by atoms with Gasteiger partial charge in [-0.2, -0.15) is 0 Å². The van der Waals surface area contributed by atoms with Gasteiger partial charge in [0.15, 0.2) is 11.6 Å². The second kappa shape index (κ2) is 7.77. The molecule has 2 N–H and O–H groups in total. The number of hydrogen-bond acceptors (Lipinski definition) is 5. The molecule has 0 bridgehead atoms. The number of carboxylic acids is 1. The van der Waals surface area contributed by atoms with Crippen LogP contribution in [0, 0.1) is 11.7 Å². The van der Waals surface area contributed by atoms with Crippen molar-refractivity contribution < 1.29 is 23.8 Å². The molecule has 1 atom stereocenters. The van der Waals surface area contributed by atoms with Gasteiger partial charge in [0.05, 0.1) is 23.9 Å². The number of carbonyl (C=O) groups is 2. The number of anilines is 1. The Labute approximate surface area is 183 Å². The maximum Gasteiger partial charge on any atom is 0.341 e. The monoisotopic (exact) mass is 443 g/mol. The molecule has 2 aromatic rings. The molecule has 2 saturated heterocycles. The fourth-order valence-electron chi connectivity index (χ4n) is 4.55. The van der Waals surface area contributed by atoms with Crippen LogP contribution in [0.3, 0.4) is 0 Å². The van der Waals surface area contributed by atoms with Gasteiger partial charge in [-0.05, 0) is 25.3 Å². The van der Waals surface area contributed by atoms with Gasteiger partial charge in [0.1, 0.15) is 11.3 Å². The van der Waals surface area contributed by atoms with Crippen molar-refractivity contribution in [1.82, 2.24) is 15.2 Å². The van der Waals surface area contributed by atoms with E-state index in [1.165, 1.54) is 13.3 Å². The summed E-state index contributed by atoms with van der Waals surface area (Å²) in [6.07, 6.45) is 3.69. The number of benzene rings is 1. The van der Waals surface area contributed by atoms with Crippen LogP contribution in [0.2, 0.25) is 0 Å². The van der Waals surface area contributed by atoms with E-state index in [1.54, 1.807) is 4.57 Å². The van der Waals surface area contributed by atoms with Gasteiger partial charge in [-0.3, -0.25) is 9.59 Å². The minimum Gasteiger partial charge on any atom is -0.492 e. The van der Waals surface area contributed by atoms with Crippen LogP contribution in [-0.4, -0.2) is 60.9 Å². The Morgan fingerprint density at radius 1 is 1.28 bits per heavy atom. The van der Waals surface area contributed by atoms with Gasteiger partial charge in [0.2, 0.25) is 11.3 Å². The minimum absolute atomic E-state index is 0.00677. The summed E-state index contributed by atoms with van der Waals surface area (Å²) in [7, 11) is 1.42. The predicted molar refractivity (Wildman–Crippen MR) is 114 cm³/mol. The maximum absolute atomic E-state index is 15.3. The Morgan fingerprint density at radius 2 is 2.03 bits per heavy atom. The van der Waals surface area contributed by atoms with Crippen molar-refractivity contribution in [3.63, 3.8) is 0 Å². The van der Waals surface area contributed by atoms with Gasteiger partial charge in [-0.15, -0.1) is 0 Å². The third-order valence-electron chi connectivity index (χ3n) is 6.49. The molecule has 3 aliphatic rings. The van der Waals surface area contributed by atoms with Gasteiger partial charge in [0.25, 0.3) is 0 Å². The lowest BCUT2D eigenvalue weighted by Gasteiger charge is -2.27. The molecule has 1 aromatic carbocycles. The van der Waals surface area contributed by atoms with Crippen LogP contribution in [0.1, 0.15) is 35.7 Å². The van der Waals surface area contributed by atoms with Gasteiger partial charge >= 0.3 is 5.97 Å². The second-order valence-electron chi connectivity index (χ2n) is 8.68. The summed E-state index contributed by atoms with van der Waals surface area (Å²) < 4.78 is 22.7. The first-order valence-electron chi connectivity index (χ1n) is 10.8. The highest BCUT2D eigenvalue weighted by Crippen LogP contribution is 2.44. The zero-order chi connectivity index (χ0) is 22.6. The van der Waals surface area contributed by atoms with E-state index < -0.39 is 17.2 Å². The lowest BCUT2D eigenvalue weighted by molar-refractivity contribution is -0.127. The molecule has 1 radical (unpaired) electrons. The topological polar surface area (TPSA) is 115 Å². The number of carboxylic acid groups (broad SMARTS) is 1. The minimum atomic E-state index is -1.34. The van der Waals surface area contributed by atoms with E-state index >= 15 is 4.39 Å². The molecule has 5 rings (SSSR count). The first kappa shape index (κ1) is 20.7. The summed E-state index contributed by atoms with van der Waals surface area (Å²) in [5.74, 6) is -1.88. The van der Waals surface area contributed by atoms with Crippen molar-refractivity contribution in [2.45, 2.75) is 31.3 Å². The Bertz CT molecular complexity index is 1170. The molecule has 1 saturated carbocycles. The normalized spacial score (nSPS) is 20.9. The van der Waals surface area contributed by atoms with Crippen molar-refractivity contribution in [1.29, 1.82) is 0 Å². The number of rotatable bonds is 6. The first-order valence-corrected chi connectivity index (χ1v) is 10.8. The number of nitrogens with one attached hydrogen (secondary N) is 1. The fraction of sp³-hybridized carbons (Fsp3) is 0.500. The van der Waals surface area contributed by atoms with Gasteiger partial charge in [-0.25, -0.2) is 14.5 Å². The second-order valence-corrected chi connectivity index (χ2v) is 8.68. The molecule has 2 aliphatic heterocycles. The summed E-state index contributed by atoms with van der Waals surface area (Å²) in [5, 5.41) is 16.5. The van der Waals surface area contributed by atoms with Crippen molar-refractivity contribution in [3.05, 3.63) is 33.9 Å². The van der Waals surface area contributed by atoms with Crippen LogP contribution >= 0.6 is 0 Å². The standard InChI is InChI=1S/C22H24FN4O5/c1-32-20-17-14(19(28)15(22(30)31)10-27(17)13-2-3-13)6-16(23)18(20)26-5-4-12(9-26)25-21(29)11-7-24-8-11/h6,10-13H,2-5,7-9H2,1H3,(H,25,29)(H,30,31). The Kier molecular flexibility index (Phi) is 5.04. The van der Waals surface area contributed by atoms with Crippen molar-refractivity contribution in [2.75, 3.05) is 38.2 Å². The lowest BCUT2D eigenvalue weighted by Crippen LogP contribution is -2.50. The SMILES string of the molecule is COc1c(N2CCC(NC(=O)C3C[N]C3)C2)c(F)cc2c(=O)c(C(=O)O)cn(C3CC3)c12. The molecular weight excluding hydrogens is 419 g/mol. The van der Waals surface area contributed by atoms with Gasteiger partial charge in [0, 0.05) is 44.5 Å². The molecule has 9 nitrogen and oxygen atoms in total. The van der Waals surface area contributed by atoms with E-state index in [1.807, 2.05) is 4.90 Å². The van der Waals surface area contributed by atoms with Crippen LogP contribution in [0.15, 0.2) is 17.1 Å². The van der Waals surface area contributed by atoms with E-state index in [4.69, 9.17) is 4.74 Å². The quantitative estimate of drug-likeness (QED) is 0.691. The molecule has 0 spiro atoms. The fourth-order valence-corrected chi connectivity index (χ4v) is 4.55. The van der Waals surface area contributed by atoms with Gasteiger partial charge < -0.3 is 24.6 Å². The zero-order valence-electron chi connectivity index (χ0n) is 17.6. The first-order chi connectivity index (χ1) is 15.4. The lowest BCUT2D eigenvalue weighted by atomic mass is 10.0. The number of hydrogen-bond donors (Lipinski definition) is 2. The molecular formula is C22H24FN4O5. The highest BCUT2D eigenvalue weighted by molar-refractivity contribution is 5.97. The number of pyridine rings is 1. The average molecular weight is 443 g/mol. The van der Waals surface area contributed by atoms with Crippen LogP contribution in [0.5, 0.6) is 5.75 Å². The molecule has 1 unspecified atom stereocenters. The number of fused-ring (bicyclic) bond motifs is 1. The number of methoxy groups -OCH3 is 1. The highest BCUT2D eigenvalue weighted by atomic mass is 19.1. The molecule has 3 heterocycles. The highest BCUT2D eigenvalue weighted by Gasteiger charge is 2.35.